The standard InChI is InChI=1S/C16H24N2O/c1-11-10-14(16(19)17-3)8-9-15(11)18-12(2)13-6-4-5-7-13/h8-10,12-13,18H,4-7H2,1-3H3,(H,17,19). The zero-order valence-electron chi connectivity index (χ0n) is 12.1. The van der Waals surface area contributed by atoms with Crippen molar-refractivity contribution < 1.29 is 4.79 Å². The van der Waals surface area contributed by atoms with E-state index in [1.54, 1.807) is 7.05 Å². The number of carbonyl (C=O) groups excluding carboxylic acids is 1. The molecule has 1 fully saturated rings. The van der Waals surface area contributed by atoms with Crippen molar-refractivity contribution in [1.29, 1.82) is 0 Å². The van der Waals surface area contributed by atoms with Crippen LogP contribution in [0.1, 0.15) is 48.5 Å². The molecule has 0 spiro atoms. The molecule has 3 nitrogen and oxygen atoms in total. The Bertz CT molecular complexity index is 450. The van der Waals surface area contributed by atoms with Crippen molar-refractivity contribution in [3.05, 3.63) is 29.3 Å². The van der Waals surface area contributed by atoms with E-state index in [0.29, 0.717) is 6.04 Å². The van der Waals surface area contributed by atoms with Gasteiger partial charge in [-0.1, -0.05) is 12.8 Å². The minimum Gasteiger partial charge on any atom is -0.382 e. The van der Waals surface area contributed by atoms with Crippen LogP contribution in [0.15, 0.2) is 18.2 Å². The summed E-state index contributed by atoms with van der Waals surface area (Å²) < 4.78 is 0. The Labute approximate surface area is 115 Å². The summed E-state index contributed by atoms with van der Waals surface area (Å²) in [7, 11) is 1.66. The fourth-order valence-electron chi connectivity index (χ4n) is 2.93. The van der Waals surface area contributed by atoms with E-state index in [0.717, 1.165) is 22.7 Å². The zero-order chi connectivity index (χ0) is 13.8. The molecule has 2 rings (SSSR count). The van der Waals surface area contributed by atoms with Gasteiger partial charge in [-0.2, -0.15) is 0 Å². The molecule has 0 heterocycles. The highest BCUT2D eigenvalue weighted by molar-refractivity contribution is 5.94. The van der Waals surface area contributed by atoms with Gasteiger partial charge in [-0.25, -0.2) is 0 Å². The van der Waals surface area contributed by atoms with Crippen LogP contribution in [-0.2, 0) is 0 Å². The number of anilines is 1. The summed E-state index contributed by atoms with van der Waals surface area (Å²) in [5, 5.41) is 6.26. The van der Waals surface area contributed by atoms with Crippen molar-refractivity contribution in [3.63, 3.8) is 0 Å². The Balaban J connectivity index is 2.06. The van der Waals surface area contributed by atoms with Gasteiger partial charge >= 0.3 is 0 Å². The van der Waals surface area contributed by atoms with E-state index in [4.69, 9.17) is 0 Å². The highest BCUT2D eigenvalue weighted by atomic mass is 16.1. The quantitative estimate of drug-likeness (QED) is 0.871. The molecule has 3 heteroatoms. The van der Waals surface area contributed by atoms with Gasteiger partial charge in [-0.3, -0.25) is 4.79 Å². The average Bonchev–Trinajstić information content (AvgIpc) is 2.94. The van der Waals surface area contributed by atoms with Crippen molar-refractivity contribution in [2.24, 2.45) is 5.92 Å². The van der Waals surface area contributed by atoms with Gasteiger partial charge in [0.05, 0.1) is 0 Å². The Hall–Kier alpha value is -1.51. The lowest BCUT2D eigenvalue weighted by molar-refractivity contribution is 0.0963. The number of benzene rings is 1. The van der Waals surface area contributed by atoms with Crippen LogP contribution in [0.2, 0.25) is 0 Å². The molecule has 0 saturated heterocycles. The van der Waals surface area contributed by atoms with Gasteiger partial charge in [0.1, 0.15) is 0 Å². The second kappa shape index (κ2) is 6.09. The maximum absolute atomic E-state index is 11.6. The number of aryl methyl sites for hydroxylation is 1. The third kappa shape index (κ3) is 3.28. The van der Waals surface area contributed by atoms with Crippen LogP contribution in [0.4, 0.5) is 5.69 Å². The molecule has 0 bridgehead atoms. The molecule has 0 radical (unpaired) electrons. The largest absolute Gasteiger partial charge is 0.382 e. The SMILES string of the molecule is CNC(=O)c1ccc(NC(C)C2CCCC2)c(C)c1. The van der Waals surface area contributed by atoms with E-state index in [1.807, 2.05) is 18.2 Å². The van der Waals surface area contributed by atoms with Crippen molar-refractivity contribution in [2.75, 3.05) is 12.4 Å². The molecule has 1 saturated carbocycles. The summed E-state index contributed by atoms with van der Waals surface area (Å²) in [6.07, 6.45) is 5.41. The molecule has 2 N–H and O–H groups in total. The number of hydrogen-bond acceptors (Lipinski definition) is 2. The number of amides is 1. The van der Waals surface area contributed by atoms with Crippen LogP contribution in [0.3, 0.4) is 0 Å². The molecule has 1 aromatic rings. The van der Waals surface area contributed by atoms with Gasteiger partial charge in [0.25, 0.3) is 5.91 Å². The number of carbonyl (C=O) groups is 1. The first-order valence-electron chi connectivity index (χ1n) is 7.21. The molecular formula is C16H24N2O. The molecule has 1 aromatic carbocycles. The van der Waals surface area contributed by atoms with Crippen LogP contribution in [-0.4, -0.2) is 19.0 Å². The summed E-state index contributed by atoms with van der Waals surface area (Å²) in [5.41, 5.74) is 3.00. The van der Waals surface area contributed by atoms with E-state index in [1.165, 1.54) is 25.7 Å². The summed E-state index contributed by atoms with van der Waals surface area (Å²) in [6, 6.07) is 6.36. The molecule has 1 aliphatic carbocycles. The van der Waals surface area contributed by atoms with Gasteiger partial charge in [0, 0.05) is 24.3 Å². The maximum atomic E-state index is 11.6. The molecule has 1 atom stereocenters. The molecular weight excluding hydrogens is 236 g/mol. The predicted octanol–water partition coefficient (Wildman–Crippen LogP) is 3.35. The number of hydrogen-bond donors (Lipinski definition) is 2. The lowest BCUT2D eigenvalue weighted by Crippen LogP contribution is -2.24. The third-order valence-corrected chi connectivity index (χ3v) is 4.21. The molecule has 0 aromatic heterocycles. The van der Waals surface area contributed by atoms with Gasteiger partial charge in [0.15, 0.2) is 0 Å². The third-order valence-electron chi connectivity index (χ3n) is 4.21. The highest BCUT2D eigenvalue weighted by Crippen LogP contribution is 2.30. The lowest BCUT2D eigenvalue weighted by Gasteiger charge is -2.23. The zero-order valence-corrected chi connectivity index (χ0v) is 12.1. The molecule has 0 aliphatic heterocycles. The molecule has 1 aliphatic rings. The summed E-state index contributed by atoms with van der Waals surface area (Å²) in [5.74, 6) is 0.761. The smallest absolute Gasteiger partial charge is 0.251 e. The van der Waals surface area contributed by atoms with Crippen molar-refractivity contribution in [3.8, 4) is 0 Å². The van der Waals surface area contributed by atoms with E-state index in [-0.39, 0.29) is 5.91 Å². The van der Waals surface area contributed by atoms with Gasteiger partial charge in [0.2, 0.25) is 0 Å². The molecule has 104 valence electrons. The summed E-state index contributed by atoms with van der Waals surface area (Å²) in [4.78, 5) is 11.6. The first-order chi connectivity index (χ1) is 9.11. The second-order valence-electron chi connectivity index (χ2n) is 5.59. The van der Waals surface area contributed by atoms with Crippen molar-refractivity contribution in [2.45, 2.75) is 45.6 Å². The monoisotopic (exact) mass is 260 g/mol. The lowest BCUT2D eigenvalue weighted by atomic mass is 9.99. The normalized spacial score (nSPS) is 17.2. The first kappa shape index (κ1) is 13.9. The Kier molecular flexibility index (Phi) is 4.46. The second-order valence-corrected chi connectivity index (χ2v) is 5.59. The maximum Gasteiger partial charge on any atom is 0.251 e. The van der Waals surface area contributed by atoms with Crippen molar-refractivity contribution in [1.82, 2.24) is 5.32 Å². The molecule has 1 amide bonds. The predicted molar refractivity (Wildman–Crippen MR) is 79.6 cm³/mol. The summed E-state index contributed by atoms with van der Waals surface area (Å²) >= 11 is 0. The fourth-order valence-corrected chi connectivity index (χ4v) is 2.93. The fraction of sp³-hybridized carbons (Fsp3) is 0.562. The van der Waals surface area contributed by atoms with Crippen LogP contribution in [0, 0.1) is 12.8 Å². The van der Waals surface area contributed by atoms with E-state index in [2.05, 4.69) is 24.5 Å². The number of rotatable bonds is 4. The van der Waals surface area contributed by atoms with E-state index >= 15 is 0 Å². The number of nitrogens with one attached hydrogen (secondary N) is 2. The van der Waals surface area contributed by atoms with Crippen LogP contribution in [0.5, 0.6) is 0 Å². The molecule has 1 unspecified atom stereocenters. The average molecular weight is 260 g/mol. The highest BCUT2D eigenvalue weighted by Gasteiger charge is 2.21. The summed E-state index contributed by atoms with van der Waals surface area (Å²) in [6.45, 7) is 4.32. The van der Waals surface area contributed by atoms with Crippen LogP contribution < -0.4 is 10.6 Å². The van der Waals surface area contributed by atoms with Crippen LogP contribution >= 0.6 is 0 Å². The van der Waals surface area contributed by atoms with Crippen molar-refractivity contribution >= 4 is 11.6 Å². The van der Waals surface area contributed by atoms with E-state index < -0.39 is 0 Å². The first-order valence-corrected chi connectivity index (χ1v) is 7.21. The van der Waals surface area contributed by atoms with Gasteiger partial charge in [-0.15, -0.1) is 0 Å². The minimum atomic E-state index is -0.0292. The molecule has 19 heavy (non-hydrogen) atoms. The van der Waals surface area contributed by atoms with E-state index in [9.17, 15) is 4.79 Å². The topological polar surface area (TPSA) is 41.1 Å². The minimum absolute atomic E-state index is 0.0292. The Morgan fingerprint density at radius 3 is 2.58 bits per heavy atom. The van der Waals surface area contributed by atoms with Gasteiger partial charge in [-0.05, 0) is 56.4 Å². The Morgan fingerprint density at radius 2 is 2.00 bits per heavy atom. The Morgan fingerprint density at radius 1 is 1.32 bits per heavy atom. The van der Waals surface area contributed by atoms with Gasteiger partial charge < -0.3 is 10.6 Å². The van der Waals surface area contributed by atoms with Crippen LogP contribution in [0.25, 0.3) is 0 Å².